The second kappa shape index (κ2) is 5.28. The highest BCUT2D eigenvalue weighted by molar-refractivity contribution is 5.44. The van der Waals surface area contributed by atoms with E-state index in [1.165, 1.54) is 0 Å². The van der Waals surface area contributed by atoms with E-state index in [1.807, 2.05) is 0 Å². The van der Waals surface area contributed by atoms with Crippen molar-refractivity contribution in [3.05, 3.63) is 29.3 Å². The molecule has 0 aliphatic heterocycles. The second-order valence-corrected chi connectivity index (χ2v) is 2.88. The Morgan fingerprint density at radius 3 is 2.86 bits per heavy atom. The maximum atomic E-state index is 9.03. The lowest BCUT2D eigenvalue weighted by molar-refractivity contribution is 0.151. The van der Waals surface area contributed by atoms with E-state index in [1.54, 1.807) is 18.2 Å². The number of aliphatic hydroxyl groups is 1. The van der Waals surface area contributed by atoms with Crippen LogP contribution in [-0.2, 0) is 18.0 Å². The first-order chi connectivity index (χ1) is 6.77. The van der Waals surface area contributed by atoms with Gasteiger partial charge in [0.15, 0.2) is 0 Å². The number of benzene rings is 1. The fraction of sp³-hybridized carbons (Fsp3) is 0.273. The number of hydrogen-bond acceptors (Lipinski definition) is 3. The number of rotatable bonds is 4. The van der Waals surface area contributed by atoms with Gasteiger partial charge in [0.1, 0.15) is 6.61 Å². The van der Waals surface area contributed by atoms with Crippen LogP contribution in [0.2, 0.25) is 0 Å². The van der Waals surface area contributed by atoms with Gasteiger partial charge in [-0.05, 0) is 23.3 Å². The zero-order chi connectivity index (χ0) is 10.4. The van der Waals surface area contributed by atoms with Gasteiger partial charge in [0.2, 0.25) is 0 Å². The highest BCUT2D eigenvalue weighted by Gasteiger charge is 2.01. The molecule has 3 heteroatoms. The zero-order valence-electron chi connectivity index (χ0n) is 7.86. The normalized spacial score (nSPS) is 9.71. The van der Waals surface area contributed by atoms with Gasteiger partial charge < -0.3 is 15.6 Å². The molecule has 1 aromatic carbocycles. The average molecular weight is 191 g/mol. The third kappa shape index (κ3) is 2.77. The van der Waals surface area contributed by atoms with Gasteiger partial charge in [-0.3, -0.25) is 0 Å². The van der Waals surface area contributed by atoms with Crippen molar-refractivity contribution in [2.75, 3.05) is 12.3 Å². The number of nitrogens with two attached hydrogens (primary N) is 1. The molecule has 0 spiro atoms. The molecule has 0 radical (unpaired) electrons. The van der Waals surface area contributed by atoms with E-state index >= 15 is 0 Å². The Hall–Kier alpha value is -1.50. The van der Waals surface area contributed by atoms with Crippen LogP contribution in [0.3, 0.4) is 0 Å². The summed E-state index contributed by atoms with van der Waals surface area (Å²) < 4.78 is 5.16. The van der Waals surface area contributed by atoms with Crippen LogP contribution >= 0.6 is 0 Å². The summed E-state index contributed by atoms with van der Waals surface area (Å²) in [6, 6.07) is 5.31. The average Bonchev–Trinajstić information content (AvgIpc) is 2.19. The fourth-order valence-electron chi connectivity index (χ4n) is 1.15. The zero-order valence-corrected chi connectivity index (χ0v) is 7.86. The Morgan fingerprint density at radius 1 is 1.43 bits per heavy atom. The van der Waals surface area contributed by atoms with Gasteiger partial charge in [0, 0.05) is 5.69 Å². The molecule has 0 aliphatic carbocycles. The van der Waals surface area contributed by atoms with Crippen LogP contribution < -0.4 is 5.73 Å². The third-order valence-corrected chi connectivity index (χ3v) is 1.84. The monoisotopic (exact) mass is 191 g/mol. The van der Waals surface area contributed by atoms with Crippen molar-refractivity contribution < 1.29 is 9.84 Å². The molecule has 0 fully saturated rings. The molecular formula is C11H13NO2. The Balaban J connectivity index is 2.73. The Morgan fingerprint density at radius 2 is 2.21 bits per heavy atom. The van der Waals surface area contributed by atoms with Crippen molar-refractivity contribution >= 4 is 5.69 Å². The molecule has 0 amide bonds. The van der Waals surface area contributed by atoms with Gasteiger partial charge in [-0.25, -0.2) is 0 Å². The quantitative estimate of drug-likeness (QED) is 0.422. The van der Waals surface area contributed by atoms with Crippen LogP contribution in [0.25, 0.3) is 0 Å². The largest absolute Gasteiger partial charge is 0.399 e. The first-order valence-electron chi connectivity index (χ1n) is 4.27. The molecule has 1 aromatic rings. The summed E-state index contributed by atoms with van der Waals surface area (Å²) in [6.07, 6.45) is 5.04. The molecule has 0 aromatic heterocycles. The van der Waals surface area contributed by atoms with E-state index in [0.29, 0.717) is 12.3 Å². The number of nitrogen functional groups attached to an aromatic ring is 1. The van der Waals surface area contributed by atoms with Crippen molar-refractivity contribution in [1.29, 1.82) is 0 Å². The van der Waals surface area contributed by atoms with E-state index in [9.17, 15) is 0 Å². The van der Waals surface area contributed by atoms with Gasteiger partial charge in [-0.2, -0.15) is 0 Å². The molecule has 0 saturated carbocycles. The molecule has 0 aliphatic rings. The first kappa shape index (κ1) is 10.6. The maximum Gasteiger partial charge on any atom is 0.107 e. The molecule has 14 heavy (non-hydrogen) atoms. The summed E-state index contributed by atoms with van der Waals surface area (Å²) in [6.45, 7) is 0.625. The Kier molecular flexibility index (Phi) is 3.99. The molecule has 3 N–H and O–H groups in total. The lowest BCUT2D eigenvalue weighted by Crippen LogP contribution is -2.00. The van der Waals surface area contributed by atoms with Crippen molar-refractivity contribution in [3.63, 3.8) is 0 Å². The van der Waals surface area contributed by atoms with Crippen molar-refractivity contribution in [2.24, 2.45) is 0 Å². The highest BCUT2D eigenvalue weighted by atomic mass is 16.5. The molecule has 0 bridgehead atoms. The van der Waals surface area contributed by atoms with Crippen LogP contribution in [0.15, 0.2) is 18.2 Å². The maximum absolute atomic E-state index is 9.03. The van der Waals surface area contributed by atoms with Gasteiger partial charge in [-0.15, -0.1) is 6.42 Å². The molecule has 1 rings (SSSR count). The smallest absolute Gasteiger partial charge is 0.107 e. The van der Waals surface area contributed by atoms with Crippen LogP contribution in [0.1, 0.15) is 11.1 Å². The molecule has 74 valence electrons. The third-order valence-electron chi connectivity index (χ3n) is 1.84. The summed E-state index contributed by atoms with van der Waals surface area (Å²) >= 11 is 0. The second-order valence-electron chi connectivity index (χ2n) is 2.88. The Bertz CT molecular complexity index is 342. The summed E-state index contributed by atoms with van der Waals surface area (Å²) in [5, 5.41) is 9.03. The molecule has 0 unspecified atom stereocenters. The minimum Gasteiger partial charge on any atom is -0.399 e. The first-order valence-corrected chi connectivity index (χ1v) is 4.27. The topological polar surface area (TPSA) is 55.5 Å². The van der Waals surface area contributed by atoms with Crippen molar-refractivity contribution in [2.45, 2.75) is 13.2 Å². The summed E-state index contributed by atoms with van der Waals surface area (Å²) in [4.78, 5) is 0. The summed E-state index contributed by atoms with van der Waals surface area (Å²) in [5.41, 5.74) is 7.96. The standard InChI is InChI=1S/C11H13NO2/c1-2-5-14-8-10-6-11(12)4-3-9(10)7-13/h1,3-4,6,13H,5,7-8,12H2. The Labute approximate surface area is 83.5 Å². The van der Waals surface area contributed by atoms with Gasteiger partial charge >= 0.3 is 0 Å². The summed E-state index contributed by atoms with van der Waals surface area (Å²) in [5.74, 6) is 2.37. The number of hydrogen-bond donors (Lipinski definition) is 2. The molecular weight excluding hydrogens is 178 g/mol. The van der Waals surface area contributed by atoms with Crippen LogP contribution in [0.5, 0.6) is 0 Å². The minimum atomic E-state index is -0.0188. The van der Waals surface area contributed by atoms with Gasteiger partial charge in [-0.1, -0.05) is 12.0 Å². The van der Waals surface area contributed by atoms with E-state index in [0.717, 1.165) is 11.1 Å². The van der Waals surface area contributed by atoms with Crippen molar-refractivity contribution in [1.82, 2.24) is 0 Å². The lowest BCUT2D eigenvalue weighted by atomic mass is 10.1. The minimum absolute atomic E-state index is 0.0188. The molecule has 0 heterocycles. The van der Waals surface area contributed by atoms with Crippen molar-refractivity contribution in [3.8, 4) is 12.3 Å². The van der Waals surface area contributed by atoms with Gasteiger partial charge in [0.05, 0.1) is 13.2 Å². The van der Waals surface area contributed by atoms with Gasteiger partial charge in [0.25, 0.3) is 0 Å². The number of anilines is 1. The van der Waals surface area contributed by atoms with E-state index < -0.39 is 0 Å². The highest BCUT2D eigenvalue weighted by Crippen LogP contribution is 2.14. The molecule has 0 saturated heterocycles. The molecule has 0 atom stereocenters. The summed E-state index contributed by atoms with van der Waals surface area (Å²) in [7, 11) is 0. The number of ether oxygens (including phenoxy) is 1. The molecule has 3 nitrogen and oxygen atoms in total. The SMILES string of the molecule is C#CCOCc1cc(N)ccc1CO. The fourth-order valence-corrected chi connectivity index (χ4v) is 1.15. The number of aliphatic hydroxyl groups excluding tert-OH is 1. The van der Waals surface area contributed by atoms with E-state index in [4.69, 9.17) is 22.0 Å². The lowest BCUT2D eigenvalue weighted by Gasteiger charge is -2.07. The predicted octanol–water partition coefficient (Wildman–Crippen LogP) is 0.911. The van der Waals surface area contributed by atoms with E-state index in [2.05, 4.69) is 5.92 Å². The number of terminal acetylenes is 1. The van der Waals surface area contributed by atoms with Crippen LogP contribution in [0, 0.1) is 12.3 Å². The van der Waals surface area contributed by atoms with E-state index in [-0.39, 0.29) is 13.2 Å². The van der Waals surface area contributed by atoms with Crippen LogP contribution in [-0.4, -0.2) is 11.7 Å². The predicted molar refractivity (Wildman–Crippen MR) is 55.3 cm³/mol. The van der Waals surface area contributed by atoms with Crippen LogP contribution in [0.4, 0.5) is 5.69 Å².